The molecule has 1 fully saturated rings. The highest BCUT2D eigenvalue weighted by Gasteiger charge is 2.29. The Bertz CT molecular complexity index is 709. The topological polar surface area (TPSA) is 115 Å². The predicted molar refractivity (Wildman–Crippen MR) is 71.0 cm³/mol. The minimum Gasteiger partial charge on any atom is -0.411 e. The van der Waals surface area contributed by atoms with Crippen LogP contribution in [0.2, 0.25) is 0 Å². The van der Waals surface area contributed by atoms with Crippen LogP contribution in [0.1, 0.15) is 38.1 Å². The molecule has 0 saturated carbocycles. The second-order valence-electron chi connectivity index (χ2n) is 5.10. The normalized spacial score (nSPS) is 22.2. The third-order valence-electron chi connectivity index (χ3n) is 3.61. The zero-order valence-electron chi connectivity index (χ0n) is 11.6. The van der Waals surface area contributed by atoms with Crippen LogP contribution in [0.5, 0.6) is 0 Å². The average Bonchev–Trinajstić information content (AvgIpc) is 3.06. The molecular weight excluding hydrogens is 278 g/mol. The van der Waals surface area contributed by atoms with Crippen molar-refractivity contribution >= 4 is 11.0 Å². The predicted octanol–water partition coefficient (Wildman–Crippen LogP) is -0.152. The van der Waals surface area contributed by atoms with Crippen LogP contribution in [-0.4, -0.2) is 48.0 Å². The maximum Gasteiger partial charge on any atom is 0.302 e. The van der Waals surface area contributed by atoms with Gasteiger partial charge in [0.05, 0.1) is 18.4 Å². The first-order chi connectivity index (χ1) is 10.2. The van der Waals surface area contributed by atoms with Gasteiger partial charge in [-0.05, 0) is 19.3 Å². The lowest BCUT2D eigenvalue weighted by molar-refractivity contribution is -0.0316. The monoisotopic (exact) mass is 295 g/mol. The molecule has 1 aliphatic heterocycles. The van der Waals surface area contributed by atoms with E-state index in [1.54, 1.807) is 0 Å². The van der Waals surface area contributed by atoms with Gasteiger partial charge < -0.3 is 15.1 Å². The molecule has 0 amide bonds. The van der Waals surface area contributed by atoms with E-state index >= 15 is 0 Å². The van der Waals surface area contributed by atoms with Crippen molar-refractivity contribution in [1.82, 2.24) is 24.9 Å². The Kier molecular flexibility index (Phi) is 3.60. The van der Waals surface area contributed by atoms with Crippen molar-refractivity contribution in [3.05, 3.63) is 16.0 Å². The zero-order valence-corrected chi connectivity index (χ0v) is 11.6. The number of ether oxygens (including phenoxy) is 1. The van der Waals surface area contributed by atoms with Crippen LogP contribution in [0.15, 0.2) is 4.79 Å². The first-order valence-corrected chi connectivity index (χ1v) is 6.98. The molecule has 114 valence electrons. The zero-order chi connectivity index (χ0) is 15.0. The molecule has 0 radical (unpaired) electrons. The summed E-state index contributed by atoms with van der Waals surface area (Å²) in [6, 6.07) is 0. The van der Waals surface area contributed by atoms with Gasteiger partial charge in [0.15, 0.2) is 11.7 Å². The molecule has 2 aromatic heterocycles. The third-order valence-corrected chi connectivity index (χ3v) is 3.61. The largest absolute Gasteiger partial charge is 0.411 e. The summed E-state index contributed by atoms with van der Waals surface area (Å²) >= 11 is 0. The molecule has 0 bridgehead atoms. The van der Waals surface area contributed by atoms with Crippen molar-refractivity contribution < 1.29 is 15.1 Å². The van der Waals surface area contributed by atoms with Crippen LogP contribution in [-0.2, 0) is 11.2 Å². The Balaban J connectivity index is 2.05. The third kappa shape index (κ3) is 2.28. The molecule has 3 rings (SSSR count). The van der Waals surface area contributed by atoms with E-state index in [2.05, 4.69) is 15.4 Å². The summed E-state index contributed by atoms with van der Waals surface area (Å²) < 4.78 is 6.62. The smallest absolute Gasteiger partial charge is 0.302 e. The van der Waals surface area contributed by atoms with E-state index in [1.165, 1.54) is 0 Å². The maximum absolute atomic E-state index is 12.4. The summed E-state index contributed by atoms with van der Waals surface area (Å²) in [7, 11) is 0. The Hall–Kier alpha value is -2.00. The van der Waals surface area contributed by atoms with Gasteiger partial charge in [-0.3, -0.25) is 4.79 Å². The van der Waals surface area contributed by atoms with Gasteiger partial charge in [0.2, 0.25) is 0 Å². The minimum absolute atomic E-state index is 0.00417. The fourth-order valence-electron chi connectivity index (χ4n) is 2.57. The Morgan fingerprint density at radius 1 is 1.43 bits per heavy atom. The van der Waals surface area contributed by atoms with E-state index in [-0.39, 0.29) is 18.2 Å². The molecule has 3 heterocycles. The second-order valence-corrected chi connectivity index (χ2v) is 5.10. The summed E-state index contributed by atoms with van der Waals surface area (Å²) in [5, 5.41) is 30.7. The van der Waals surface area contributed by atoms with Crippen molar-refractivity contribution in [3.8, 4) is 0 Å². The molecule has 2 aromatic rings. The van der Waals surface area contributed by atoms with E-state index in [9.17, 15) is 10.0 Å². The van der Waals surface area contributed by atoms with Crippen LogP contribution < -0.4 is 5.56 Å². The van der Waals surface area contributed by atoms with Gasteiger partial charge in [0.1, 0.15) is 5.52 Å². The van der Waals surface area contributed by atoms with Crippen molar-refractivity contribution in [3.63, 3.8) is 0 Å². The van der Waals surface area contributed by atoms with Crippen LogP contribution in [0.25, 0.3) is 11.0 Å². The molecule has 0 aliphatic carbocycles. The lowest BCUT2D eigenvalue weighted by Gasteiger charge is -2.12. The number of fused-ring (bicyclic) bond motifs is 1. The second kappa shape index (κ2) is 5.41. The Morgan fingerprint density at radius 2 is 2.24 bits per heavy atom. The van der Waals surface area contributed by atoms with Crippen molar-refractivity contribution in [2.75, 3.05) is 6.61 Å². The SMILES string of the molecule is CCCc1nn(O)c2c(=O)n(C3CCC(CO)O3)nnc12. The molecule has 9 heteroatoms. The highest BCUT2D eigenvalue weighted by atomic mass is 16.5. The number of aliphatic hydroxyl groups excluding tert-OH is 1. The molecule has 9 nitrogen and oxygen atoms in total. The van der Waals surface area contributed by atoms with Gasteiger partial charge in [-0.25, -0.2) is 0 Å². The van der Waals surface area contributed by atoms with E-state index in [0.29, 0.717) is 35.3 Å². The number of aromatic nitrogens is 5. The number of hydrogen-bond acceptors (Lipinski definition) is 7. The summed E-state index contributed by atoms with van der Waals surface area (Å²) in [6.45, 7) is 1.87. The molecule has 21 heavy (non-hydrogen) atoms. The first-order valence-electron chi connectivity index (χ1n) is 6.98. The van der Waals surface area contributed by atoms with Crippen LogP contribution in [0.3, 0.4) is 0 Å². The summed E-state index contributed by atoms with van der Waals surface area (Å²) in [4.78, 5) is 13.0. The lowest BCUT2D eigenvalue weighted by atomic mass is 10.2. The molecule has 1 aliphatic rings. The van der Waals surface area contributed by atoms with Gasteiger partial charge in [0, 0.05) is 0 Å². The van der Waals surface area contributed by atoms with Crippen molar-refractivity contribution in [2.24, 2.45) is 0 Å². The summed E-state index contributed by atoms with van der Waals surface area (Å²) in [5.74, 6) is 0. The van der Waals surface area contributed by atoms with Gasteiger partial charge in [-0.2, -0.15) is 4.68 Å². The fraction of sp³-hybridized carbons (Fsp3) is 0.667. The Labute approximate surface area is 119 Å². The number of nitrogens with zero attached hydrogens (tertiary/aromatic N) is 5. The minimum atomic E-state index is -0.573. The number of aryl methyl sites for hydroxylation is 1. The number of aliphatic hydroxyl groups is 1. The van der Waals surface area contributed by atoms with E-state index < -0.39 is 11.8 Å². The Morgan fingerprint density at radius 3 is 2.90 bits per heavy atom. The number of hydrogen-bond donors (Lipinski definition) is 2. The van der Waals surface area contributed by atoms with Crippen LogP contribution >= 0.6 is 0 Å². The summed E-state index contributed by atoms with van der Waals surface area (Å²) in [5.41, 5.74) is 0.370. The highest BCUT2D eigenvalue weighted by Crippen LogP contribution is 2.26. The quantitative estimate of drug-likeness (QED) is 0.753. The number of rotatable bonds is 4. The first kappa shape index (κ1) is 14.0. The molecule has 1 saturated heterocycles. The highest BCUT2D eigenvalue weighted by molar-refractivity contribution is 5.75. The van der Waals surface area contributed by atoms with E-state index in [4.69, 9.17) is 9.84 Å². The molecule has 0 aromatic carbocycles. The molecule has 2 unspecified atom stereocenters. The van der Waals surface area contributed by atoms with E-state index in [0.717, 1.165) is 11.1 Å². The molecular formula is C12H17N5O4. The van der Waals surface area contributed by atoms with Gasteiger partial charge in [-0.1, -0.05) is 23.4 Å². The van der Waals surface area contributed by atoms with Gasteiger partial charge in [0.25, 0.3) is 0 Å². The van der Waals surface area contributed by atoms with Gasteiger partial charge in [-0.15, -0.1) is 10.2 Å². The average molecular weight is 295 g/mol. The molecule has 2 N–H and O–H groups in total. The molecule has 0 spiro atoms. The van der Waals surface area contributed by atoms with Crippen molar-refractivity contribution in [1.29, 1.82) is 0 Å². The molecule has 2 atom stereocenters. The van der Waals surface area contributed by atoms with Crippen molar-refractivity contribution in [2.45, 2.75) is 44.9 Å². The fourth-order valence-corrected chi connectivity index (χ4v) is 2.57. The standard InChI is InChI=1S/C12H17N5O4/c1-2-3-8-10-11(17(20)14-8)12(19)16(15-13-10)9-5-4-7(6-18)21-9/h7,9,18,20H,2-6H2,1H3. The summed E-state index contributed by atoms with van der Waals surface area (Å²) in [6.07, 6.45) is 1.76. The van der Waals surface area contributed by atoms with Crippen LogP contribution in [0.4, 0.5) is 0 Å². The van der Waals surface area contributed by atoms with Gasteiger partial charge >= 0.3 is 5.56 Å². The van der Waals surface area contributed by atoms with Crippen LogP contribution in [0, 0.1) is 0 Å². The lowest BCUT2D eigenvalue weighted by Crippen LogP contribution is -2.30. The van der Waals surface area contributed by atoms with E-state index in [1.807, 2.05) is 6.92 Å². The maximum atomic E-state index is 12.4.